The fraction of sp³-hybridized carbons (Fsp3) is 0.364. The van der Waals surface area contributed by atoms with Crippen molar-refractivity contribution in [2.24, 2.45) is 0 Å². The van der Waals surface area contributed by atoms with Crippen LogP contribution in [0.3, 0.4) is 0 Å². The highest BCUT2D eigenvalue weighted by atomic mass is 28.4. The monoisotopic (exact) mass is 354 g/mol. The number of hydrogen-bond acceptors (Lipinski definition) is 2. The molecular weight excluding hydrogens is 324 g/mol. The number of allylic oxidation sites excluding steroid dienone is 1. The third kappa shape index (κ3) is 4.11. The fourth-order valence-electron chi connectivity index (χ4n) is 3.40. The van der Waals surface area contributed by atoms with Crippen LogP contribution in [0.4, 0.5) is 0 Å². The summed E-state index contributed by atoms with van der Waals surface area (Å²) in [6, 6.07) is 21.2. The van der Waals surface area contributed by atoms with Gasteiger partial charge in [-0.25, -0.2) is 0 Å². The van der Waals surface area contributed by atoms with E-state index >= 15 is 0 Å². The van der Waals surface area contributed by atoms with Gasteiger partial charge in [-0.05, 0) is 34.8 Å². The summed E-state index contributed by atoms with van der Waals surface area (Å²) < 4.78 is 6.79. The largest absolute Gasteiger partial charge is 0.403 e. The van der Waals surface area contributed by atoms with Crippen molar-refractivity contribution in [2.75, 3.05) is 6.61 Å². The van der Waals surface area contributed by atoms with E-state index in [1.807, 2.05) is 25.1 Å². The molecule has 0 saturated heterocycles. The molecule has 134 valence electrons. The normalized spacial score (nSPS) is 14.4. The van der Waals surface area contributed by atoms with Crippen molar-refractivity contribution in [3.63, 3.8) is 0 Å². The van der Waals surface area contributed by atoms with Crippen molar-refractivity contribution in [3.05, 3.63) is 72.3 Å². The molecule has 0 aliphatic carbocycles. The number of rotatable bonds is 6. The molecule has 0 radical (unpaired) electrons. The summed E-state index contributed by atoms with van der Waals surface area (Å²) in [5, 5.41) is 12.5. The van der Waals surface area contributed by atoms with Crippen molar-refractivity contribution < 1.29 is 9.53 Å². The third-order valence-electron chi connectivity index (χ3n) is 4.78. The Morgan fingerprint density at radius 1 is 1.00 bits per heavy atom. The Balaban J connectivity index is 2.61. The number of benzene rings is 2. The third-order valence-corrected chi connectivity index (χ3v) is 9.76. The molecule has 2 nitrogen and oxygen atoms in total. The molecule has 0 aliphatic heterocycles. The average Bonchev–Trinajstić information content (AvgIpc) is 2.59. The van der Waals surface area contributed by atoms with Gasteiger partial charge in [-0.3, -0.25) is 0 Å². The van der Waals surface area contributed by atoms with E-state index in [1.165, 1.54) is 10.4 Å². The smallest absolute Gasteiger partial charge is 0.261 e. The minimum atomic E-state index is -2.53. The summed E-state index contributed by atoms with van der Waals surface area (Å²) in [5.41, 5.74) is 0.924. The van der Waals surface area contributed by atoms with Crippen LogP contribution in [0.2, 0.25) is 5.04 Å². The summed E-state index contributed by atoms with van der Waals surface area (Å²) in [4.78, 5) is 0. The number of aliphatic hydroxyl groups excluding tert-OH is 1. The molecule has 0 saturated carbocycles. The van der Waals surface area contributed by atoms with Crippen LogP contribution in [0.15, 0.2) is 72.3 Å². The molecule has 2 aromatic carbocycles. The second kappa shape index (κ2) is 8.13. The van der Waals surface area contributed by atoms with Crippen LogP contribution in [0, 0.1) is 0 Å². The van der Waals surface area contributed by atoms with Crippen LogP contribution in [0.1, 0.15) is 34.6 Å². The van der Waals surface area contributed by atoms with Gasteiger partial charge in [0.1, 0.15) is 0 Å². The van der Waals surface area contributed by atoms with E-state index < -0.39 is 14.4 Å². The Morgan fingerprint density at radius 2 is 1.44 bits per heavy atom. The van der Waals surface area contributed by atoms with Crippen molar-refractivity contribution in [3.8, 4) is 0 Å². The summed E-state index contributed by atoms with van der Waals surface area (Å²) >= 11 is 0. The molecule has 2 aromatic rings. The lowest BCUT2D eigenvalue weighted by molar-refractivity contribution is 0.206. The molecule has 0 fully saturated rings. The Morgan fingerprint density at radius 3 is 1.76 bits per heavy atom. The standard InChI is InChI=1S/C22H30O2Si/c1-6-19(18(2)23)17-24-25(22(3,4)5,20-13-9-7-10-14-20)21-15-11-8-12-16-21/h6-16,18,23H,17H2,1-5H3/b19-6-/t18-/m0/s1. The quantitative estimate of drug-likeness (QED) is 0.630. The van der Waals surface area contributed by atoms with Crippen LogP contribution in [0.25, 0.3) is 0 Å². The molecule has 0 bridgehead atoms. The topological polar surface area (TPSA) is 29.5 Å². The molecule has 25 heavy (non-hydrogen) atoms. The van der Waals surface area contributed by atoms with Crippen molar-refractivity contribution >= 4 is 18.7 Å². The molecular formula is C22H30O2Si. The summed E-state index contributed by atoms with van der Waals surface area (Å²) in [6.07, 6.45) is 1.46. The molecule has 3 heteroatoms. The predicted molar refractivity (Wildman–Crippen MR) is 109 cm³/mol. The Labute approximate surface area is 153 Å². The zero-order chi connectivity index (χ0) is 18.5. The van der Waals surface area contributed by atoms with Crippen LogP contribution in [0.5, 0.6) is 0 Å². The lowest BCUT2D eigenvalue weighted by Crippen LogP contribution is -2.66. The maximum atomic E-state index is 10.0. The van der Waals surface area contributed by atoms with Gasteiger partial charge in [0.15, 0.2) is 0 Å². The first-order valence-electron chi connectivity index (χ1n) is 8.91. The van der Waals surface area contributed by atoms with Crippen LogP contribution in [-0.2, 0) is 4.43 Å². The van der Waals surface area contributed by atoms with Gasteiger partial charge in [-0.2, -0.15) is 0 Å². The van der Waals surface area contributed by atoms with Gasteiger partial charge < -0.3 is 9.53 Å². The van der Waals surface area contributed by atoms with Gasteiger partial charge in [-0.15, -0.1) is 0 Å². The van der Waals surface area contributed by atoms with Gasteiger partial charge in [-0.1, -0.05) is 87.5 Å². The van der Waals surface area contributed by atoms with Gasteiger partial charge in [0.05, 0.1) is 12.7 Å². The zero-order valence-electron chi connectivity index (χ0n) is 16.0. The lowest BCUT2D eigenvalue weighted by Gasteiger charge is -2.43. The highest BCUT2D eigenvalue weighted by Crippen LogP contribution is 2.37. The van der Waals surface area contributed by atoms with Gasteiger partial charge in [0, 0.05) is 0 Å². The zero-order valence-corrected chi connectivity index (χ0v) is 17.0. The van der Waals surface area contributed by atoms with Crippen LogP contribution < -0.4 is 10.4 Å². The lowest BCUT2D eigenvalue weighted by atomic mass is 10.2. The second-order valence-electron chi connectivity index (χ2n) is 7.49. The summed E-state index contributed by atoms with van der Waals surface area (Å²) in [6.45, 7) is 11.0. The van der Waals surface area contributed by atoms with E-state index in [2.05, 4.69) is 69.3 Å². The minimum absolute atomic E-state index is 0.0484. The van der Waals surface area contributed by atoms with Gasteiger partial charge in [0.2, 0.25) is 0 Å². The molecule has 1 atom stereocenters. The first-order valence-corrected chi connectivity index (χ1v) is 10.8. The maximum Gasteiger partial charge on any atom is 0.261 e. The SMILES string of the molecule is C/C=C(/CO[Si](c1ccccc1)(c1ccccc1)C(C)(C)C)[C@H](C)O. The average molecular weight is 355 g/mol. The molecule has 0 unspecified atom stereocenters. The van der Waals surface area contributed by atoms with Gasteiger partial charge >= 0.3 is 0 Å². The number of hydrogen-bond donors (Lipinski definition) is 1. The minimum Gasteiger partial charge on any atom is -0.403 e. The Kier molecular flexibility index (Phi) is 6.39. The van der Waals surface area contributed by atoms with Crippen LogP contribution >= 0.6 is 0 Å². The molecule has 0 spiro atoms. The highest BCUT2D eigenvalue weighted by molar-refractivity contribution is 6.99. The molecule has 0 amide bonds. The van der Waals surface area contributed by atoms with E-state index in [0.717, 1.165) is 5.57 Å². The maximum absolute atomic E-state index is 10.0. The van der Waals surface area contributed by atoms with E-state index in [-0.39, 0.29) is 5.04 Å². The Bertz CT molecular complexity index is 645. The van der Waals surface area contributed by atoms with E-state index in [1.54, 1.807) is 6.92 Å². The first kappa shape index (κ1) is 19.6. The summed E-state index contributed by atoms with van der Waals surface area (Å²) in [7, 11) is -2.53. The fourth-order valence-corrected chi connectivity index (χ4v) is 7.94. The number of aliphatic hydroxyl groups is 1. The van der Waals surface area contributed by atoms with Crippen molar-refractivity contribution in [2.45, 2.75) is 45.8 Å². The first-order chi connectivity index (χ1) is 11.8. The molecule has 2 rings (SSSR count). The molecule has 1 N–H and O–H groups in total. The van der Waals surface area contributed by atoms with E-state index in [0.29, 0.717) is 6.61 Å². The highest BCUT2D eigenvalue weighted by Gasteiger charge is 2.50. The summed E-state index contributed by atoms with van der Waals surface area (Å²) in [5.74, 6) is 0. The van der Waals surface area contributed by atoms with Crippen molar-refractivity contribution in [1.29, 1.82) is 0 Å². The molecule has 0 aromatic heterocycles. The molecule has 0 heterocycles. The molecule has 0 aliphatic rings. The van der Waals surface area contributed by atoms with Gasteiger partial charge in [0.25, 0.3) is 8.32 Å². The van der Waals surface area contributed by atoms with E-state index in [4.69, 9.17) is 4.43 Å². The van der Waals surface area contributed by atoms with Crippen LogP contribution in [-0.4, -0.2) is 26.1 Å². The second-order valence-corrected chi connectivity index (χ2v) is 11.8. The van der Waals surface area contributed by atoms with E-state index in [9.17, 15) is 5.11 Å². The Hall–Kier alpha value is -1.68. The predicted octanol–water partition coefficient (Wildman–Crippen LogP) is 3.89. The van der Waals surface area contributed by atoms with Crippen molar-refractivity contribution in [1.82, 2.24) is 0 Å².